The predicted molar refractivity (Wildman–Crippen MR) is 66.4 cm³/mol. The van der Waals surface area contributed by atoms with E-state index in [1.807, 2.05) is 18.2 Å². The largest absolute Gasteiger partial charge is 0.508 e. The van der Waals surface area contributed by atoms with Crippen LogP contribution in [0.3, 0.4) is 0 Å². The molecule has 0 amide bonds. The third kappa shape index (κ3) is 1.51. The third-order valence-corrected chi connectivity index (χ3v) is 2.87. The standard InChI is InChI=1S/C12H7BrN2O/c13-7-1-3-9-11(5-7)15-12-6-8(16)2-4-10(12)14-9/h1-6,16H. The van der Waals surface area contributed by atoms with Crippen LogP contribution in [0.4, 0.5) is 0 Å². The SMILES string of the molecule is Oc1ccc2nc3ccc(Br)cc3nc2c1. The summed E-state index contributed by atoms with van der Waals surface area (Å²) in [5.41, 5.74) is 3.15. The quantitative estimate of drug-likeness (QED) is 0.640. The van der Waals surface area contributed by atoms with Gasteiger partial charge >= 0.3 is 0 Å². The molecule has 3 nitrogen and oxygen atoms in total. The zero-order valence-electron chi connectivity index (χ0n) is 8.18. The van der Waals surface area contributed by atoms with E-state index in [0.29, 0.717) is 5.52 Å². The van der Waals surface area contributed by atoms with Gasteiger partial charge in [0.2, 0.25) is 0 Å². The monoisotopic (exact) mass is 274 g/mol. The van der Waals surface area contributed by atoms with Gasteiger partial charge in [0.25, 0.3) is 0 Å². The number of benzene rings is 2. The number of phenolic OH excluding ortho intramolecular Hbond substituents is 1. The van der Waals surface area contributed by atoms with Gasteiger partial charge in [-0.15, -0.1) is 0 Å². The number of phenols is 1. The molecule has 0 bridgehead atoms. The van der Waals surface area contributed by atoms with Crippen molar-refractivity contribution in [3.05, 3.63) is 40.9 Å². The smallest absolute Gasteiger partial charge is 0.117 e. The van der Waals surface area contributed by atoms with Gasteiger partial charge in [-0.05, 0) is 30.3 Å². The van der Waals surface area contributed by atoms with Crippen molar-refractivity contribution in [2.24, 2.45) is 0 Å². The van der Waals surface area contributed by atoms with Gasteiger partial charge in [-0.1, -0.05) is 15.9 Å². The van der Waals surface area contributed by atoms with Crippen LogP contribution in [0.15, 0.2) is 40.9 Å². The fraction of sp³-hybridized carbons (Fsp3) is 0. The molecule has 0 radical (unpaired) electrons. The van der Waals surface area contributed by atoms with Crippen LogP contribution in [-0.4, -0.2) is 15.1 Å². The summed E-state index contributed by atoms with van der Waals surface area (Å²) in [5.74, 6) is 0.205. The van der Waals surface area contributed by atoms with Crippen molar-refractivity contribution >= 4 is 38.0 Å². The Kier molecular flexibility index (Phi) is 2.04. The van der Waals surface area contributed by atoms with Gasteiger partial charge in [0.05, 0.1) is 22.1 Å². The molecule has 78 valence electrons. The summed E-state index contributed by atoms with van der Waals surface area (Å²) in [6.45, 7) is 0. The van der Waals surface area contributed by atoms with Crippen LogP contribution in [0.2, 0.25) is 0 Å². The lowest BCUT2D eigenvalue weighted by atomic mass is 10.2. The topological polar surface area (TPSA) is 46.0 Å². The molecule has 1 N–H and O–H groups in total. The lowest BCUT2D eigenvalue weighted by Gasteiger charge is -2.01. The maximum Gasteiger partial charge on any atom is 0.117 e. The second-order valence-electron chi connectivity index (χ2n) is 3.53. The van der Waals surface area contributed by atoms with Crippen LogP contribution in [-0.2, 0) is 0 Å². The highest BCUT2D eigenvalue weighted by Gasteiger charge is 2.02. The minimum atomic E-state index is 0.205. The number of nitrogens with zero attached hydrogens (tertiary/aromatic N) is 2. The molecule has 3 aromatic rings. The predicted octanol–water partition coefficient (Wildman–Crippen LogP) is 3.25. The Labute approximate surface area is 99.9 Å². The first-order valence-electron chi connectivity index (χ1n) is 4.78. The number of hydrogen-bond acceptors (Lipinski definition) is 3. The molecule has 0 saturated carbocycles. The van der Waals surface area contributed by atoms with Crippen molar-refractivity contribution in [2.75, 3.05) is 0 Å². The van der Waals surface area contributed by atoms with E-state index in [4.69, 9.17) is 0 Å². The van der Waals surface area contributed by atoms with Gasteiger partial charge in [0.15, 0.2) is 0 Å². The molecule has 0 aliphatic heterocycles. The van der Waals surface area contributed by atoms with E-state index in [-0.39, 0.29) is 5.75 Å². The third-order valence-electron chi connectivity index (χ3n) is 2.38. The van der Waals surface area contributed by atoms with E-state index in [1.54, 1.807) is 18.2 Å². The van der Waals surface area contributed by atoms with Gasteiger partial charge in [-0.2, -0.15) is 0 Å². The Morgan fingerprint density at radius 2 is 1.44 bits per heavy atom. The Morgan fingerprint density at radius 3 is 2.25 bits per heavy atom. The van der Waals surface area contributed by atoms with Crippen molar-refractivity contribution in [3.63, 3.8) is 0 Å². The molecule has 0 atom stereocenters. The first-order chi connectivity index (χ1) is 7.72. The molecule has 0 aliphatic rings. The van der Waals surface area contributed by atoms with Gasteiger partial charge in [-0.3, -0.25) is 0 Å². The Morgan fingerprint density at radius 1 is 0.812 bits per heavy atom. The highest BCUT2D eigenvalue weighted by Crippen LogP contribution is 2.22. The number of aromatic hydroxyl groups is 1. The molecule has 4 heteroatoms. The zero-order chi connectivity index (χ0) is 11.1. The summed E-state index contributed by atoms with van der Waals surface area (Å²) in [5, 5.41) is 9.38. The summed E-state index contributed by atoms with van der Waals surface area (Å²) in [6, 6.07) is 10.7. The fourth-order valence-electron chi connectivity index (χ4n) is 1.64. The summed E-state index contributed by atoms with van der Waals surface area (Å²) >= 11 is 3.39. The summed E-state index contributed by atoms with van der Waals surface area (Å²) in [6.07, 6.45) is 0. The van der Waals surface area contributed by atoms with Gasteiger partial charge in [0.1, 0.15) is 5.75 Å². The number of aromatic nitrogens is 2. The van der Waals surface area contributed by atoms with Crippen LogP contribution in [0.5, 0.6) is 5.75 Å². The molecule has 16 heavy (non-hydrogen) atoms. The van der Waals surface area contributed by atoms with Crippen molar-refractivity contribution in [1.82, 2.24) is 9.97 Å². The first-order valence-corrected chi connectivity index (χ1v) is 5.58. The number of fused-ring (bicyclic) bond motifs is 2. The maximum absolute atomic E-state index is 9.38. The number of halogens is 1. The van der Waals surface area contributed by atoms with Gasteiger partial charge in [0, 0.05) is 10.5 Å². The average Bonchev–Trinajstić information content (AvgIpc) is 2.26. The molecule has 0 fully saturated rings. The molecule has 1 heterocycles. The number of hydrogen-bond donors (Lipinski definition) is 1. The van der Waals surface area contributed by atoms with E-state index >= 15 is 0 Å². The summed E-state index contributed by atoms with van der Waals surface area (Å²) in [4.78, 5) is 8.91. The molecular formula is C12H7BrN2O. The molecule has 2 aromatic carbocycles. The van der Waals surface area contributed by atoms with E-state index in [0.717, 1.165) is 21.0 Å². The van der Waals surface area contributed by atoms with Crippen LogP contribution in [0, 0.1) is 0 Å². The van der Waals surface area contributed by atoms with Crippen molar-refractivity contribution in [2.45, 2.75) is 0 Å². The summed E-state index contributed by atoms with van der Waals surface area (Å²) < 4.78 is 0.966. The van der Waals surface area contributed by atoms with Crippen molar-refractivity contribution in [3.8, 4) is 5.75 Å². The second kappa shape index (κ2) is 3.42. The molecule has 0 aliphatic carbocycles. The van der Waals surface area contributed by atoms with Crippen LogP contribution in [0.1, 0.15) is 0 Å². The Hall–Kier alpha value is -1.68. The lowest BCUT2D eigenvalue weighted by molar-refractivity contribution is 0.476. The molecule has 3 rings (SSSR count). The maximum atomic E-state index is 9.38. The van der Waals surface area contributed by atoms with E-state index in [9.17, 15) is 5.11 Å². The van der Waals surface area contributed by atoms with Crippen LogP contribution >= 0.6 is 15.9 Å². The second-order valence-corrected chi connectivity index (χ2v) is 4.45. The lowest BCUT2D eigenvalue weighted by Crippen LogP contribution is -1.86. The highest BCUT2D eigenvalue weighted by molar-refractivity contribution is 9.10. The van der Waals surface area contributed by atoms with Crippen LogP contribution in [0.25, 0.3) is 22.1 Å². The molecule has 0 spiro atoms. The Balaban J connectivity index is 2.44. The van der Waals surface area contributed by atoms with Crippen molar-refractivity contribution in [1.29, 1.82) is 0 Å². The van der Waals surface area contributed by atoms with Gasteiger partial charge < -0.3 is 5.11 Å². The van der Waals surface area contributed by atoms with E-state index in [2.05, 4.69) is 25.9 Å². The molecule has 0 unspecified atom stereocenters. The number of rotatable bonds is 0. The van der Waals surface area contributed by atoms with Gasteiger partial charge in [-0.25, -0.2) is 9.97 Å². The minimum Gasteiger partial charge on any atom is -0.508 e. The minimum absolute atomic E-state index is 0.205. The zero-order valence-corrected chi connectivity index (χ0v) is 9.77. The normalized spacial score (nSPS) is 11.1. The van der Waals surface area contributed by atoms with E-state index < -0.39 is 0 Å². The average molecular weight is 275 g/mol. The first kappa shape index (κ1) is 9.54. The molecule has 0 saturated heterocycles. The Bertz CT molecular complexity index is 640. The molecule has 1 aromatic heterocycles. The summed E-state index contributed by atoms with van der Waals surface area (Å²) in [7, 11) is 0. The van der Waals surface area contributed by atoms with Crippen LogP contribution < -0.4 is 0 Å². The highest BCUT2D eigenvalue weighted by atomic mass is 79.9. The van der Waals surface area contributed by atoms with E-state index in [1.165, 1.54) is 0 Å². The molecular weight excluding hydrogens is 268 g/mol. The van der Waals surface area contributed by atoms with Crippen molar-refractivity contribution < 1.29 is 5.11 Å². The fourth-order valence-corrected chi connectivity index (χ4v) is 1.99.